The molecule has 0 aliphatic rings. The van der Waals surface area contributed by atoms with Crippen molar-refractivity contribution in [1.82, 2.24) is 14.7 Å². The molecule has 4 rings (SSSR count). The average Bonchev–Trinajstić information content (AvgIpc) is 3.14. The van der Waals surface area contributed by atoms with Gasteiger partial charge >= 0.3 is 0 Å². The molecule has 5 nitrogen and oxygen atoms in total. The zero-order valence-electron chi connectivity index (χ0n) is 20.0. The molecule has 0 unspecified atom stereocenters. The molecule has 3 aromatic carbocycles. The fourth-order valence-electron chi connectivity index (χ4n) is 3.89. The SMILES string of the molecule is Cc1nn(-c2ccc(F)cc2)c(Oc2cccc(F)c2)c1CN(C[C@@H](O)c1ccccc1)C(C)C. The second kappa shape index (κ2) is 10.8. The van der Waals surface area contributed by atoms with Gasteiger partial charge in [0.1, 0.15) is 17.4 Å². The van der Waals surface area contributed by atoms with Crippen molar-refractivity contribution in [2.24, 2.45) is 0 Å². The zero-order valence-corrected chi connectivity index (χ0v) is 20.0. The summed E-state index contributed by atoms with van der Waals surface area (Å²) in [6.45, 7) is 6.84. The number of benzene rings is 3. The van der Waals surface area contributed by atoms with E-state index < -0.39 is 11.9 Å². The lowest BCUT2D eigenvalue weighted by Crippen LogP contribution is -2.34. The molecule has 0 spiro atoms. The Morgan fingerprint density at radius 3 is 2.31 bits per heavy atom. The van der Waals surface area contributed by atoms with E-state index in [-0.39, 0.29) is 11.9 Å². The van der Waals surface area contributed by atoms with E-state index in [4.69, 9.17) is 4.74 Å². The van der Waals surface area contributed by atoms with Crippen LogP contribution in [0.25, 0.3) is 5.69 Å². The molecule has 1 heterocycles. The van der Waals surface area contributed by atoms with Crippen molar-refractivity contribution in [1.29, 1.82) is 0 Å². The Labute approximate surface area is 204 Å². The van der Waals surface area contributed by atoms with Crippen LogP contribution < -0.4 is 4.74 Å². The van der Waals surface area contributed by atoms with Crippen LogP contribution in [0.2, 0.25) is 0 Å². The summed E-state index contributed by atoms with van der Waals surface area (Å²) in [5, 5.41) is 15.5. The van der Waals surface area contributed by atoms with E-state index in [2.05, 4.69) is 23.8 Å². The molecule has 0 saturated heterocycles. The van der Waals surface area contributed by atoms with Gasteiger partial charge in [-0.3, -0.25) is 4.90 Å². The second-order valence-electron chi connectivity index (χ2n) is 8.77. The highest BCUT2D eigenvalue weighted by Crippen LogP contribution is 2.33. The van der Waals surface area contributed by atoms with Gasteiger partial charge in [0.15, 0.2) is 0 Å². The number of ether oxygens (including phenoxy) is 1. The lowest BCUT2D eigenvalue weighted by molar-refractivity contribution is 0.0902. The fourth-order valence-corrected chi connectivity index (χ4v) is 3.89. The minimum Gasteiger partial charge on any atom is -0.438 e. The van der Waals surface area contributed by atoms with E-state index in [0.717, 1.165) is 16.8 Å². The lowest BCUT2D eigenvalue weighted by Gasteiger charge is -2.29. The van der Waals surface area contributed by atoms with Crippen molar-refractivity contribution in [2.45, 2.75) is 39.5 Å². The van der Waals surface area contributed by atoms with Crippen LogP contribution in [0, 0.1) is 18.6 Å². The largest absolute Gasteiger partial charge is 0.438 e. The normalized spacial score (nSPS) is 12.3. The first-order chi connectivity index (χ1) is 16.8. The summed E-state index contributed by atoms with van der Waals surface area (Å²) >= 11 is 0. The van der Waals surface area contributed by atoms with Gasteiger partial charge in [-0.05, 0) is 62.7 Å². The number of aryl methyl sites for hydroxylation is 1. The minimum atomic E-state index is -0.668. The highest BCUT2D eigenvalue weighted by molar-refractivity contribution is 5.43. The fraction of sp³-hybridized carbons (Fsp3) is 0.250. The quantitative estimate of drug-likeness (QED) is 0.312. The number of hydrogen-bond acceptors (Lipinski definition) is 4. The standard InChI is InChI=1S/C28H29F2N3O2/c1-19(2)32(18-27(34)21-8-5-4-6-9-21)17-26-20(3)31-33(24-14-12-22(29)13-15-24)28(26)35-25-11-7-10-23(30)16-25/h4-16,19,27,34H,17-18H2,1-3H3/t27-/m1/s1. The Bertz CT molecular complexity index is 1260. The van der Waals surface area contributed by atoms with Gasteiger partial charge in [0.25, 0.3) is 0 Å². The molecule has 1 atom stereocenters. The summed E-state index contributed by atoms with van der Waals surface area (Å²) in [4.78, 5) is 2.13. The molecule has 7 heteroatoms. The first-order valence-electron chi connectivity index (χ1n) is 11.6. The predicted molar refractivity (Wildman–Crippen MR) is 132 cm³/mol. The molecule has 4 aromatic rings. The van der Waals surface area contributed by atoms with Crippen LogP contribution in [0.5, 0.6) is 11.6 Å². The number of hydrogen-bond donors (Lipinski definition) is 1. The van der Waals surface area contributed by atoms with Gasteiger partial charge in [-0.2, -0.15) is 5.10 Å². The van der Waals surface area contributed by atoms with Crippen molar-refractivity contribution in [3.63, 3.8) is 0 Å². The minimum absolute atomic E-state index is 0.115. The van der Waals surface area contributed by atoms with Crippen LogP contribution >= 0.6 is 0 Å². The van der Waals surface area contributed by atoms with E-state index in [1.807, 2.05) is 37.3 Å². The maximum atomic E-state index is 13.9. The number of aliphatic hydroxyl groups is 1. The zero-order chi connectivity index (χ0) is 24.9. The van der Waals surface area contributed by atoms with Crippen LogP contribution in [-0.4, -0.2) is 32.4 Å². The maximum absolute atomic E-state index is 13.9. The summed E-state index contributed by atoms with van der Waals surface area (Å²) in [6.07, 6.45) is -0.668. The molecular weight excluding hydrogens is 448 g/mol. The Kier molecular flexibility index (Phi) is 7.58. The molecule has 0 fully saturated rings. The molecule has 1 N–H and O–H groups in total. The van der Waals surface area contributed by atoms with E-state index in [0.29, 0.717) is 30.4 Å². The maximum Gasteiger partial charge on any atom is 0.227 e. The van der Waals surface area contributed by atoms with Gasteiger partial charge in [-0.1, -0.05) is 36.4 Å². The number of nitrogens with zero attached hydrogens (tertiary/aromatic N) is 3. The molecule has 182 valence electrons. The van der Waals surface area contributed by atoms with Crippen LogP contribution in [0.4, 0.5) is 8.78 Å². The van der Waals surface area contributed by atoms with Crippen LogP contribution in [0.1, 0.15) is 36.8 Å². The van der Waals surface area contributed by atoms with Crippen molar-refractivity contribution in [3.8, 4) is 17.3 Å². The molecule has 0 radical (unpaired) electrons. The summed E-state index contributed by atoms with van der Waals surface area (Å²) in [5.74, 6) is -0.0239. The molecule has 0 amide bonds. The van der Waals surface area contributed by atoms with Crippen LogP contribution in [0.15, 0.2) is 78.9 Å². The first kappa shape index (κ1) is 24.6. The summed E-state index contributed by atoms with van der Waals surface area (Å²) in [7, 11) is 0. The Hall–Kier alpha value is -3.55. The second-order valence-corrected chi connectivity index (χ2v) is 8.77. The monoisotopic (exact) mass is 477 g/mol. The third-order valence-electron chi connectivity index (χ3n) is 5.90. The van der Waals surface area contributed by atoms with Crippen molar-refractivity contribution in [2.75, 3.05) is 6.54 Å². The van der Waals surface area contributed by atoms with E-state index >= 15 is 0 Å². The molecule has 0 saturated carbocycles. The number of halogens is 2. The number of aromatic nitrogens is 2. The molecule has 1 aromatic heterocycles. The third-order valence-corrected chi connectivity index (χ3v) is 5.90. The van der Waals surface area contributed by atoms with E-state index in [9.17, 15) is 13.9 Å². The van der Waals surface area contributed by atoms with Crippen molar-refractivity contribution >= 4 is 0 Å². The average molecular weight is 478 g/mol. The van der Waals surface area contributed by atoms with Gasteiger partial charge in [-0.15, -0.1) is 0 Å². The molecule has 0 bridgehead atoms. The topological polar surface area (TPSA) is 50.5 Å². The van der Waals surface area contributed by atoms with Crippen LogP contribution in [-0.2, 0) is 6.54 Å². The number of aliphatic hydroxyl groups excluding tert-OH is 1. The summed E-state index contributed by atoms with van der Waals surface area (Å²) in [5.41, 5.74) is 2.98. The summed E-state index contributed by atoms with van der Waals surface area (Å²) in [6, 6.07) is 21.5. The molecule has 0 aliphatic heterocycles. The van der Waals surface area contributed by atoms with Gasteiger partial charge < -0.3 is 9.84 Å². The van der Waals surface area contributed by atoms with Gasteiger partial charge in [0.2, 0.25) is 5.88 Å². The first-order valence-corrected chi connectivity index (χ1v) is 11.6. The van der Waals surface area contributed by atoms with Crippen molar-refractivity contribution < 1.29 is 18.6 Å². The summed E-state index contributed by atoms with van der Waals surface area (Å²) < 4.78 is 35.2. The van der Waals surface area contributed by atoms with E-state index in [1.165, 1.54) is 24.3 Å². The highest BCUT2D eigenvalue weighted by atomic mass is 19.1. The lowest BCUT2D eigenvalue weighted by atomic mass is 10.1. The number of rotatable bonds is 9. The third kappa shape index (κ3) is 5.93. The van der Waals surface area contributed by atoms with Crippen LogP contribution in [0.3, 0.4) is 0 Å². The predicted octanol–water partition coefficient (Wildman–Crippen LogP) is 6.20. The smallest absolute Gasteiger partial charge is 0.227 e. The Morgan fingerprint density at radius 1 is 0.943 bits per heavy atom. The van der Waals surface area contributed by atoms with Gasteiger partial charge in [0, 0.05) is 25.2 Å². The van der Waals surface area contributed by atoms with Gasteiger partial charge in [-0.25, -0.2) is 13.5 Å². The molecule has 0 aliphatic carbocycles. The van der Waals surface area contributed by atoms with Crippen molar-refractivity contribution in [3.05, 3.63) is 107 Å². The van der Waals surface area contributed by atoms with E-state index in [1.54, 1.807) is 28.9 Å². The Balaban J connectivity index is 1.71. The van der Waals surface area contributed by atoms with Gasteiger partial charge in [0.05, 0.1) is 23.0 Å². The Morgan fingerprint density at radius 2 is 1.66 bits per heavy atom. The molecular formula is C28H29F2N3O2. The highest BCUT2D eigenvalue weighted by Gasteiger charge is 2.24. The molecule has 35 heavy (non-hydrogen) atoms.